The lowest BCUT2D eigenvalue weighted by molar-refractivity contribution is -0.120. The molecule has 2 atom stereocenters. The number of aliphatic hydroxyl groups excluding tert-OH is 1. The second kappa shape index (κ2) is 6.83. The summed E-state index contributed by atoms with van der Waals surface area (Å²) >= 11 is 0. The van der Waals surface area contributed by atoms with Crippen molar-refractivity contribution < 1.29 is 14.6 Å². The summed E-state index contributed by atoms with van der Waals surface area (Å²) in [5.41, 5.74) is 5.04. The van der Waals surface area contributed by atoms with E-state index in [1.807, 2.05) is 6.92 Å². The van der Waals surface area contributed by atoms with E-state index in [2.05, 4.69) is 4.90 Å². The van der Waals surface area contributed by atoms with Crippen LogP contribution in [0.25, 0.3) is 0 Å². The molecular weight excluding hydrogens is 208 g/mol. The van der Waals surface area contributed by atoms with E-state index < -0.39 is 12.0 Å². The number of carbonyl (C=O) groups is 1. The number of rotatable bonds is 6. The summed E-state index contributed by atoms with van der Waals surface area (Å²) in [7, 11) is 0. The van der Waals surface area contributed by atoms with Crippen LogP contribution in [0, 0.1) is 5.92 Å². The Morgan fingerprint density at radius 1 is 1.50 bits per heavy atom. The summed E-state index contributed by atoms with van der Waals surface area (Å²) in [5.74, 6) is -0.332. The molecule has 1 aliphatic heterocycles. The first-order chi connectivity index (χ1) is 7.59. The lowest BCUT2D eigenvalue weighted by Gasteiger charge is -2.28. The van der Waals surface area contributed by atoms with E-state index in [0.717, 1.165) is 39.3 Å². The van der Waals surface area contributed by atoms with Crippen LogP contribution in [0.2, 0.25) is 0 Å². The monoisotopic (exact) mass is 230 g/mol. The molecule has 5 heteroatoms. The summed E-state index contributed by atoms with van der Waals surface area (Å²) in [6.07, 6.45) is 0.331. The standard InChI is InChI=1S/C11H22N2O3/c1-9(10(14)8-11(12)15)2-3-13-4-6-16-7-5-13/h9-10,14H,2-8H2,1H3,(H2,12,15)/t9-,10+/m1/s1. The Labute approximate surface area is 96.6 Å². The quantitative estimate of drug-likeness (QED) is 0.650. The molecule has 1 fully saturated rings. The van der Waals surface area contributed by atoms with Crippen molar-refractivity contribution in [3.05, 3.63) is 0 Å². The van der Waals surface area contributed by atoms with E-state index >= 15 is 0 Å². The van der Waals surface area contributed by atoms with Crippen molar-refractivity contribution >= 4 is 5.91 Å². The predicted octanol–water partition coefficient (Wildman–Crippen LogP) is -0.419. The molecule has 0 aromatic rings. The average Bonchev–Trinajstić information content (AvgIpc) is 2.26. The molecule has 1 heterocycles. The van der Waals surface area contributed by atoms with Gasteiger partial charge in [0.2, 0.25) is 5.91 Å². The van der Waals surface area contributed by atoms with Crippen LogP contribution in [0.15, 0.2) is 0 Å². The van der Waals surface area contributed by atoms with Crippen LogP contribution in [0.1, 0.15) is 19.8 Å². The highest BCUT2D eigenvalue weighted by Crippen LogP contribution is 2.12. The third-order valence-electron chi connectivity index (χ3n) is 3.07. The Morgan fingerprint density at radius 2 is 2.12 bits per heavy atom. The number of hydrogen-bond donors (Lipinski definition) is 2. The molecule has 16 heavy (non-hydrogen) atoms. The molecule has 0 aromatic heterocycles. The van der Waals surface area contributed by atoms with Crippen molar-refractivity contribution in [1.82, 2.24) is 4.90 Å². The normalized spacial score (nSPS) is 21.6. The molecule has 1 rings (SSSR count). The molecule has 0 saturated carbocycles. The fraction of sp³-hybridized carbons (Fsp3) is 0.909. The number of nitrogens with zero attached hydrogens (tertiary/aromatic N) is 1. The van der Waals surface area contributed by atoms with E-state index in [9.17, 15) is 9.90 Å². The SMILES string of the molecule is C[C@H](CCN1CCOCC1)[C@@H](O)CC(N)=O. The summed E-state index contributed by atoms with van der Waals surface area (Å²) in [6.45, 7) is 6.39. The van der Waals surface area contributed by atoms with Crippen LogP contribution in [-0.2, 0) is 9.53 Å². The fourth-order valence-electron chi connectivity index (χ4n) is 1.81. The van der Waals surface area contributed by atoms with Crippen LogP contribution < -0.4 is 5.73 Å². The number of carbonyl (C=O) groups excluding carboxylic acids is 1. The summed E-state index contributed by atoms with van der Waals surface area (Å²) in [4.78, 5) is 13.0. The Hall–Kier alpha value is -0.650. The maximum atomic E-state index is 10.7. The van der Waals surface area contributed by atoms with Crippen LogP contribution in [0.4, 0.5) is 0 Å². The van der Waals surface area contributed by atoms with Gasteiger partial charge in [-0.15, -0.1) is 0 Å². The van der Waals surface area contributed by atoms with Crippen LogP contribution in [0.5, 0.6) is 0 Å². The van der Waals surface area contributed by atoms with Gasteiger partial charge in [-0.05, 0) is 18.9 Å². The van der Waals surface area contributed by atoms with Gasteiger partial charge in [-0.3, -0.25) is 9.69 Å². The molecule has 94 valence electrons. The number of primary amides is 1. The average molecular weight is 230 g/mol. The number of morpholine rings is 1. The largest absolute Gasteiger partial charge is 0.392 e. The highest BCUT2D eigenvalue weighted by atomic mass is 16.5. The molecule has 1 amide bonds. The molecule has 0 aliphatic carbocycles. The van der Waals surface area contributed by atoms with Gasteiger partial charge in [-0.25, -0.2) is 0 Å². The topological polar surface area (TPSA) is 75.8 Å². The first-order valence-corrected chi connectivity index (χ1v) is 5.86. The lowest BCUT2D eigenvalue weighted by Crippen LogP contribution is -2.38. The highest BCUT2D eigenvalue weighted by Gasteiger charge is 2.18. The van der Waals surface area contributed by atoms with Crippen LogP contribution in [0.3, 0.4) is 0 Å². The first-order valence-electron chi connectivity index (χ1n) is 5.86. The highest BCUT2D eigenvalue weighted by molar-refractivity contribution is 5.74. The molecule has 1 saturated heterocycles. The minimum absolute atomic E-state index is 0.0598. The number of ether oxygens (including phenoxy) is 1. The molecule has 0 bridgehead atoms. The van der Waals surface area contributed by atoms with Gasteiger partial charge in [-0.2, -0.15) is 0 Å². The minimum Gasteiger partial charge on any atom is -0.392 e. The van der Waals surface area contributed by atoms with Gasteiger partial charge in [0.1, 0.15) is 0 Å². The van der Waals surface area contributed by atoms with Crippen molar-refractivity contribution in [2.75, 3.05) is 32.8 Å². The third-order valence-corrected chi connectivity index (χ3v) is 3.07. The Kier molecular flexibility index (Phi) is 5.73. The van der Waals surface area contributed by atoms with Gasteiger partial charge < -0.3 is 15.6 Å². The van der Waals surface area contributed by atoms with Gasteiger partial charge in [-0.1, -0.05) is 6.92 Å². The summed E-state index contributed by atoms with van der Waals surface area (Å²) in [6, 6.07) is 0. The zero-order chi connectivity index (χ0) is 12.0. The second-order valence-electron chi connectivity index (χ2n) is 4.46. The Balaban J connectivity index is 2.17. The molecule has 0 unspecified atom stereocenters. The van der Waals surface area contributed by atoms with Crippen molar-refractivity contribution in [1.29, 1.82) is 0 Å². The summed E-state index contributed by atoms with van der Waals surface area (Å²) in [5, 5.41) is 9.67. The maximum Gasteiger partial charge on any atom is 0.220 e. The van der Waals surface area contributed by atoms with Crippen LogP contribution >= 0.6 is 0 Å². The van der Waals surface area contributed by atoms with E-state index in [1.54, 1.807) is 0 Å². The fourth-order valence-corrected chi connectivity index (χ4v) is 1.81. The minimum atomic E-state index is -0.612. The predicted molar refractivity (Wildman–Crippen MR) is 60.9 cm³/mol. The van der Waals surface area contributed by atoms with Gasteiger partial charge in [0, 0.05) is 13.1 Å². The molecule has 3 N–H and O–H groups in total. The zero-order valence-electron chi connectivity index (χ0n) is 9.89. The number of hydrogen-bond acceptors (Lipinski definition) is 4. The molecule has 1 aliphatic rings. The number of aliphatic hydroxyl groups is 1. The zero-order valence-corrected chi connectivity index (χ0v) is 9.89. The number of amides is 1. The molecule has 0 radical (unpaired) electrons. The molecule has 5 nitrogen and oxygen atoms in total. The molecular formula is C11H22N2O3. The van der Waals surface area contributed by atoms with Gasteiger partial charge >= 0.3 is 0 Å². The number of nitrogens with two attached hydrogens (primary N) is 1. The second-order valence-corrected chi connectivity index (χ2v) is 4.46. The third kappa shape index (κ3) is 4.92. The summed E-state index contributed by atoms with van der Waals surface area (Å²) < 4.78 is 5.25. The van der Waals surface area contributed by atoms with Crippen molar-refractivity contribution in [2.24, 2.45) is 11.7 Å². The van der Waals surface area contributed by atoms with Crippen molar-refractivity contribution in [3.8, 4) is 0 Å². The van der Waals surface area contributed by atoms with Crippen LogP contribution in [-0.4, -0.2) is 54.9 Å². The Morgan fingerprint density at radius 3 is 2.69 bits per heavy atom. The van der Waals surface area contributed by atoms with Gasteiger partial charge in [0.15, 0.2) is 0 Å². The van der Waals surface area contributed by atoms with Gasteiger partial charge in [0.05, 0.1) is 25.7 Å². The first kappa shape index (κ1) is 13.4. The van der Waals surface area contributed by atoms with E-state index in [0.29, 0.717) is 0 Å². The Bertz CT molecular complexity index is 217. The lowest BCUT2D eigenvalue weighted by atomic mass is 9.98. The van der Waals surface area contributed by atoms with Crippen molar-refractivity contribution in [2.45, 2.75) is 25.9 Å². The molecule has 0 aromatic carbocycles. The van der Waals surface area contributed by atoms with Gasteiger partial charge in [0.25, 0.3) is 0 Å². The smallest absolute Gasteiger partial charge is 0.220 e. The van der Waals surface area contributed by atoms with E-state index in [4.69, 9.17) is 10.5 Å². The maximum absolute atomic E-state index is 10.7. The molecule has 0 spiro atoms. The van der Waals surface area contributed by atoms with E-state index in [-0.39, 0.29) is 12.3 Å². The van der Waals surface area contributed by atoms with E-state index in [1.165, 1.54) is 0 Å². The van der Waals surface area contributed by atoms with Crippen molar-refractivity contribution in [3.63, 3.8) is 0 Å².